The molecule has 10 heteroatoms. The molecule has 0 aromatic carbocycles. The second-order valence-electron chi connectivity index (χ2n) is 4.86. The van der Waals surface area contributed by atoms with Gasteiger partial charge in [-0.25, -0.2) is 4.99 Å². The monoisotopic (exact) mass is 312 g/mol. The molecule has 2 aliphatic rings. The Labute approximate surface area is 126 Å². The number of aliphatic imine (C=N–C) groups is 1. The lowest BCUT2D eigenvalue weighted by molar-refractivity contribution is -0.239. The number of azide groups is 1. The van der Waals surface area contributed by atoms with Crippen LogP contribution < -0.4 is 0 Å². The molecule has 0 saturated carbocycles. The molecule has 0 spiro atoms. The first-order valence-corrected chi connectivity index (χ1v) is 6.64. The molecule has 0 aliphatic carbocycles. The summed E-state index contributed by atoms with van der Waals surface area (Å²) in [5.41, 5.74) is 8.46. The summed E-state index contributed by atoms with van der Waals surface area (Å²) in [5, 5.41) is 3.43. The number of hydrogen-bond acceptors (Lipinski definition) is 8. The van der Waals surface area contributed by atoms with E-state index < -0.39 is 42.6 Å². The quantitative estimate of drug-likeness (QED) is 0.325. The van der Waals surface area contributed by atoms with E-state index in [0.29, 0.717) is 5.90 Å². The first-order valence-electron chi connectivity index (χ1n) is 6.64. The lowest BCUT2D eigenvalue weighted by atomic mass is 9.96. The van der Waals surface area contributed by atoms with Crippen LogP contribution in [0.25, 0.3) is 10.4 Å². The van der Waals surface area contributed by atoms with Gasteiger partial charge < -0.3 is 18.9 Å². The van der Waals surface area contributed by atoms with Gasteiger partial charge in [0.2, 0.25) is 6.29 Å². The first kappa shape index (κ1) is 16.1. The van der Waals surface area contributed by atoms with Crippen molar-refractivity contribution in [3.63, 3.8) is 0 Å². The molecule has 120 valence electrons. The Balaban J connectivity index is 2.30. The van der Waals surface area contributed by atoms with Gasteiger partial charge in [0.15, 0.2) is 24.1 Å². The van der Waals surface area contributed by atoms with Crippen LogP contribution in [0.3, 0.4) is 0 Å². The molecule has 2 rings (SSSR count). The van der Waals surface area contributed by atoms with E-state index in [4.69, 9.17) is 24.5 Å². The lowest BCUT2D eigenvalue weighted by Gasteiger charge is -2.40. The van der Waals surface area contributed by atoms with Crippen LogP contribution in [0.15, 0.2) is 10.1 Å². The third kappa shape index (κ3) is 3.46. The van der Waals surface area contributed by atoms with E-state index in [1.807, 2.05) is 0 Å². The Hall–Kier alpha value is -2.32. The van der Waals surface area contributed by atoms with Crippen LogP contribution in [0, 0.1) is 0 Å². The van der Waals surface area contributed by atoms with Crippen molar-refractivity contribution in [3.8, 4) is 0 Å². The molecule has 2 heterocycles. The highest BCUT2D eigenvalue weighted by molar-refractivity contribution is 5.75. The van der Waals surface area contributed by atoms with E-state index >= 15 is 0 Å². The van der Waals surface area contributed by atoms with E-state index in [1.54, 1.807) is 6.92 Å². The molecule has 10 nitrogen and oxygen atoms in total. The summed E-state index contributed by atoms with van der Waals surface area (Å²) in [6.07, 6.45) is -3.40. The predicted octanol–water partition coefficient (Wildman–Crippen LogP) is 0.702. The molecule has 0 bridgehead atoms. The van der Waals surface area contributed by atoms with Gasteiger partial charge in [-0.2, -0.15) is 0 Å². The van der Waals surface area contributed by atoms with Gasteiger partial charge in [0.25, 0.3) is 0 Å². The molecule has 0 unspecified atom stereocenters. The van der Waals surface area contributed by atoms with Crippen molar-refractivity contribution in [1.82, 2.24) is 0 Å². The zero-order chi connectivity index (χ0) is 16.3. The molecule has 2 aliphatic heterocycles. The van der Waals surface area contributed by atoms with Crippen molar-refractivity contribution in [2.75, 3.05) is 6.54 Å². The van der Waals surface area contributed by atoms with Crippen LogP contribution in [-0.2, 0) is 28.5 Å². The van der Waals surface area contributed by atoms with E-state index in [2.05, 4.69) is 15.0 Å². The van der Waals surface area contributed by atoms with Gasteiger partial charge >= 0.3 is 11.9 Å². The fraction of sp³-hybridized carbons (Fsp3) is 0.750. The number of fused-ring (bicyclic) bond motifs is 1. The third-order valence-electron chi connectivity index (χ3n) is 3.16. The topological polar surface area (TPSA) is 132 Å². The molecular weight excluding hydrogens is 296 g/mol. The van der Waals surface area contributed by atoms with Gasteiger partial charge in [0.05, 0.1) is 6.54 Å². The second kappa shape index (κ2) is 6.63. The third-order valence-corrected chi connectivity index (χ3v) is 3.16. The molecule has 0 radical (unpaired) electrons. The van der Waals surface area contributed by atoms with Gasteiger partial charge in [-0.05, 0) is 5.53 Å². The van der Waals surface area contributed by atoms with Crippen LogP contribution in [0.5, 0.6) is 0 Å². The summed E-state index contributed by atoms with van der Waals surface area (Å²) in [4.78, 5) is 29.6. The molecule has 0 amide bonds. The van der Waals surface area contributed by atoms with Crippen molar-refractivity contribution in [2.24, 2.45) is 10.1 Å². The molecule has 1 saturated heterocycles. The zero-order valence-corrected chi connectivity index (χ0v) is 12.3. The molecule has 5 atom stereocenters. The number of hydrogen-bond donors (Lipinski definition) is 0. The van der Waals surface area contributed by atoms with Crippen molar-refractivity contribution in [3.05, 3.63) is 10.4 Å². The van der Waals surface area contributed by atoms with Crippen molar-refractivity contribution < 1.29 is 28.5 Å². The molecule has 22 heavy (non-hydrogen) atoms. The van der Waals surface area contributed by atoms with Crippen LogP contribution >= 0.6 is 0 Å². The van der Waals surface area contributed by atoms with Crippen LogP contribution in [0.2, 0.25) is 0 Å². The minimum Gasteiger partial charge on any atom is -0.456 e. The van der Waals surface area contributed by atoms with Crippen molar-refractivity contribution in [1.29, 1.82) is 0 Å². The smallest absolute Gasteiger partial charge is 0.303 e. The zero-order valence-electron chi connectivity index (χ0n) is 12.3. The van der Waals surface area contributed by atoms with Gasteiger partial charge in [0.1, 0.15) is 6.10 Å². The SMILES string of the molecule is CC(=O)O[C@@H]1[C@H]2N=C(C)O[C@H]2O[C@H](CN=[N+]=[N-])[C@@H]1OC(C)=O. The predicted molar refractivity (Wildman–Crippen MR) is 71.8 cm³/mol. The summed E-state index contributed by atoms with van der Waals surface area (Å²) >= 11 is 0. The number of rotatable bonds is 4. The number of carbonyl (C=O) groups is 2. The van der Waals surface area contributed by atoms with Gasteiger partial charge in [0, 0.05) is 25.7 Å². The van der Waals surface area contributed by atoms with E-state index in [-0.39, 0.29) is 6.54 Å². The van der Waals surface area contributed by atoms with Crippen LogP contribution in [0.4, 0.5) is 0 Å². The summed E-state index contributed by atoms with van der Waals surface area (Å²) < 4.78 is 21.5. The maximum atomic E-state index is 11.4. The van der Waals surface area contributed by atoms with Crippen molar-refractivity contribution in [2.45, 2.75) is 51.4 Å². The lowest BCUT2D eigenvalue weighted by Crippen LogP contribution is -2.59. The summed E-state index contributed by atoms with van der Waals surface area (Å²) in [6.45, 7) is 4.00. The fourth-order valence-corrected chi connectivity index (χ4v) is 2.46. The minimum atomic E-state index is -0.939. The number of ether oxygens (including phenoxy) is 4. The normalized spacial score (nSPS) is 32.9. The Morgan fingerprint density at radius 2 is 1.95 bits per heavy atom. The molecule has 1 fully saturated rings. The van der Waals surface area contributed by atoms with E-state index in [0.717, 1.165) is 0 Å². The molecular formula is C12H16N4O6. The Morgan fingerprint density at radius 1 is 1.32 bits per heavy atom. The summed E-state index contributed by atoms with van der Waals surface area (Å²) in [6, 6.07) is -0.643. The molecule has 0 N–H and O–H groups in total. The highest BCUT2D eigenvalue weighted by Gasteiger charge is 2.52. The maximum absolute atomic E-state index is 11.4. The standard InChI is InChI=1S/C12H16N4O6/c1-5-15-9-11(21-7(3)18)10(20-6(2)17)8(4-14-16-13)22-12(9)19-5/h8-12H,4H2,1-3H3/t8-,9-,10+,11-,12+/m1/s1. The summed E-state index contributed by atoms with van der Waals surface area (Å²) in [5.74, 6) is -0.752. The molecule has 0 aromatic heterocycles. The van der Waals surface area contributed by atoms with Crippen molar-refractivity contribution >= 4 is 17.8 Å². The average molecular weight is 312 g/mol. The molecule has 0 aromatic rings. The maximum Gasteiger partial charge on any atom is 0.303 e. The fourth-order valence-electron chi connectivity index (χ4n) is 2.46. The van der Waals surface area contributed by atoms with Gasteiger partial charge in [-0.3, -0.25) is 9.59 Å². The highest BCUT2D eigenvalue weighted by atomic mass is 16.7. The number of nitrogens with zero attached hydrogens (tertiary/aromatic N) is 4. The van der Waals surface area contributed by atoms with Crippen LogP contribution in [-0.4, -0.2) is 55.0 Å². The number of esters is 2. The first-order chi connectivity index (χ1) is 10.4. The minimum absolute atomic E-state index is 0.0994. The highest BCUT2D eigenvalue weighted by Crippen LogP contribution is 2.32. The Kier molecular flexibility index (Phi) is 4.84. The van der Waals surface area contributed by atoms with E-state index in [1.165, 1.54) is 13.8 Å². The average Bonchev–Trinajstić information content (AvgIpc) is 2.79. The van der Waals surface area contributed by atoms with Gasteiger partial charge in [-0.15, -0.1) is 0 Å². The summed E-state index contributed by atoms with van der Waals surface area (Å²) in [7, 11) is 0. The van der Waals surface area contributed by atoms with Crippen LogP contribution in [0.1, 0.15) is 20.8 Å². The van der Waals surface area contributed by atoms with Gasteiger partial charge in [-0.1, -0.05) is 5.11 Å². The Bertz CT molecular complexity index is 544. The Morgan fingerprint density at radius 3 is 2.55 bits per heavy atom. The second-order valence-corrected chi connectivity index (χ2v) is 4.86. The van der Waals surface area contributed by atoms with E-state index in [9.17, 15) is 9.59 Å². The largest absolute Gasteiger partial charge is 0.456 e. The number of carbonyl (C=O) groups excluding carboxylic acids is 2.